The fourth-order valence-corrected chi connectivity index (χ4v) is 1.13. The summed E-state index contributed by atoms with van der Waals surface area (Å²) in [6.45, 7) is 3.40. The summed E-state index contributed by atoms with van der Waals surface area (Å²) in [6.07, 6.45) is 2.47. The van der Waals surface area contributed by atoms with E-state index >= 15 is 0 Å². The van der Waals surface area contributed by atoms with Gasteiger partial charge in [-0.05, 0) is 13.0 Å². The van der Waals surface area contributed by atoms with Crippen molar-refractivity contribution in [3.63, 3.8) is 0 Å². The van der Waals surface area contributed by atoms with Crippen molar-refractivity contribution < 1.29 is 13.9 Å². The van der Waals surface area contributed by atoms with Gasteiger partial charge in [-0.15, -0.1) is 0 Å². The molecule has 0 aliphatic carbocycles. The van der Waals surface area contributed by atoms with Gasteiger partial charge in [-0.2, -0.15) is 0 Å². The standard InChI is InChI=1S/C11H16FN3O2/c1-3-17-7-6-15(2)11(16)14-10-4-5-13-8-9(10)12/h4-5,8H,3,6-7H2,1-2H3,(H,13,14,16). The highest BCUT2D eigenvalue weighted by molar-refractivity contribution is 5.89. The first kappa shape index (κ1) is 13.4. The van der Waals surface area contributed by atoms with E-state index in [1.54, 1.807) is 7.05 Å². The average molecular weight is 241 g/mol. The molecule has 1 aromatic rings. The number of aromatic nitrogens is 1. The molecule has 0 aliphatic rings. The highest BCUT2D eigenvalue weighted by Crippen LogP contribution is 2.11. The molecule has 5 nitrogen and oxygen atoms in total. The van der Waals surface area contributed by atoms with E-state index in [0.29, 0.717) is 19.8 Å². The number of hydrogen-bond donors (Lipinski definition) is 1. The quantitative estimate of drug-likeness (QED) is 0.798. The molecule has 0 aliphatic heterocycles. The number of hydrogen-bond acceptors (Lipinski definition) is 3. The molecule has 0 spiro atoms. The number of carbonyl (C=O) groups is 1. The second-order valence-electron chi connectivity index (χ2n) is 3.40. The number of amides is 2. The fraction of sp³-hybridized carbons (Fsp3) is 0.455. The summed E-state index contributed by atoms with van der Waals surface area (Å²) < 4.78 is 18.3. The van der Waals surface area contributed by atoms with Crippen molar-refractivity contribution in [2.45, 2.75) is 6.92 Å². The van der Waals surface area contributed by atoms with Crippen LogP contribution >= 0.6 is 0 Å². The molecule has 17 heavy (non-hydrogen) atoms. The Bertz CT molecular complexity index is 373. The molecule has 0 aromatic carbocycles. The Kier molecular flexibility index (Phi) is 5.35. The van der Waals surface area contributed by atoms with Crippen LogP contribution in [-0.2, 0) is 4.74 Å². The molecule has 0 radical (unpaired) electrons. The van der Waals surface area contributed by atoms with Crippen molar-refractivity contribution in [3.8, 4) is 0 Å². The summed E-state index contributed by atoms with van der Waals surface area (Å²) in [4.78, 5) is 16.7. The van der Waals surface area contributed by atoms with Crippen LogP contribution in [0.1, 0.15) is 6.92 Å². The van der Waals surface area contributed by atoms with E-state index in [-0.39, 0.29) is 11.7 Å². The van der Waals surface area contributed by atoms with Gasteiger partial charge in [0.25, 0.3) is 0 Å². The minimum Gasteiger partial charge on any atom is -0.380 e. The second kappa shape index (κ2) is 6.80. The zero-order valence-corrected chi connectivity index (χ0v) is 9.94. The number of nitrogens with one attached hydrogen (secondary N) is 1. The molecule has 2 amide bonds. The summed E-state index contributed by atoms with van der Waals surface area (Å²) >= 11 is 0. The van der Waals surface area contributed by atoms with Gasteiger partial charge in [0.15, 0.2) is 5.82 Å². The minimum atomic E-state index is -0.556. The van der Waals surface area contributed by atoms with Crippen LogP contribution in [-0.4, -0.2) is 42.7 Å². The maximum absolute atomic E-state index is 13.2. The third kappa shape index (κ3) is 4.36. The lowest BCUT2D eigenvalue weighted by Gasteiger charge is -2.17. The number of urea groups is 1. The van der Waals surface area contributed by atoms with Gasteiger partial charge in [0, 0.05) is 26.4 Å². The number of anilines is 1. The van der Waals surface area contributed by atoms with Crippen LogP contribution in [0, 0.1) is 5.82 Å². The Morgan fingerprint density at radius 3 is 3.06 bits per heavy atom. The number of carbonyl (C=O) groups excluding carboxylic acids is 1. The third-order valence-electron chi connectivity index (χ3n) is 2.14. The van der Waals surface area contributed by atoms with Gasteiger partial charge in [0.2, 0.25) is 0 Å². The van der Waals surface area contributed by atoms with Gasteiger partial charge in [-0.25, -0.2) is 9.18 Å². The predicted molar refractivity (Wildman–Crippen MR) is 62.3 cm³/mol. The molecule has 0 unspecified atom stereocenters. The Labute approximate surface area is 99.6 Å². The highest BCUT2D eigenvalue weighted by Gasteiger charge is 2.10. The summed E-state index contributed by atoms with van der Waals surface area (Å²) in [5.41, 5.74) is 0.119. The monoisotopic (exact) mass is 241 g/mol. The van der Waals surface area contributed by atoms with E-state index in [1.165, 1.54) is 17.2 Å². The van der Waals surface area contributed by atoms with Crippen LogP contribution in [0.2, 0.25) is 0 Å². The van der Waals surface area contributed by atoms with Gasteiger partial charge < -0.3 is 15.0 Å². The molecule has 1 N–H and O–H groups in total. The smallest absolute Gasteiger partial charge is 0.321 e. The maximum atomic E-state index is 13.2. The second-order valence-corrected chi connectivity index (χ2v) is 3.40. The molecule has 1 aromatic heterocycles. The topological polar surface area (TPSA) is 54.5 Å². The van der Waals surface area contributed by atoms with Gasteiger partial charge in [-0.3, -0.25) is 4.98 Å². The van der Waals surface area contributed by atoms with Crippen LogP contribution in [0.5, 0.6) is 0 Å². The zero-order chi connectivity index (χ0) is 12.7. The Balaban J connectivity index is 2.46. The average Bonchev–Trinajstić information content (AvgIpc) is 2.32. The third-order valence-corrected chi connectivity index (χ3v) is 2.14. The number of nitrogens with zero attached hydrogens (tertiary/aromatic N) is 2. The highest BCUT2D eigenvalue weighted by atomic mass is 19.1. The van der Waals surface area contributed by atoms with Gasteiger partial charge in [0.05, 0.1) is 18.5 Å². The van der Waals surface area contributed by atoms with E-state index in [4.69, 9.17) is 4.74 Å². The van der Waals surface area contributed by atoms with Crippen LogP contribution in [0.15, 0.2) is 18.5 Å². The van der Waals surface area contributed by atoms with Crippen molar-refractivity contribution in [1.82, 2.24) is 9.88 Å². The van der Waals surface area contributed by atoms with Crippen molar-refractivity contribution in [3.05, 3.63) is 24.3 Å². The van der Waals surface area contributed by atoms with Crippen LogP contribution in [0.3, 0.4) is 0 Å². The van der Waals surface area contributed by atoms with Crippen molar-refractivity contribution in [2.75, 3.05) is 32.1 Å². The Hall–Kier alpha value is -1.69. The molecule has 0 saturated carbocycles. The first-order valence-corrected chi connectivity index (χ1v) is 5.34. The van der Waals surface area contributed by atoms with Gasteiger partial charge >= 0.3 is 6.03 Å². The Morgan fingerprint density at radius 1 is 1.65 bits per heavy atom. The molecule has 1 heterocycles. The van der Waals surface area contributed by atoms with E-state index < -0.39 is 5.82 Å². The largest absolute Gasteiger partial charge is 0.380 e. The number of halogens is 1. The number of pyridine rings is 1. The molecule has 6 heteroatoms. The van der Waals surface area contributed by atoms with Crippen LogP contribution < -0.4 is 5.32 Å². The SMILES string of the molecule is CCOCCN(C)C(=O)Nc1ccncc1F. The predicted octanol–water partition coefficient (Wildman–Crippen LogP) is 1.72. The number of likely N-dealkylation sites (N-methyl/N-ethyl adjacent to an activating group) is 1. The molecule has 0 fully saturated rings. The number of ether oxygens (including phenoxy) is 1. The van der Waals surface area contributed by atoms with Gasteiger partial charge in [-0.1, -0.05) is 0 Å². The van der Waals surface area contributed by atoms with E-state index in [9.17, 15) is 9.18 Å². The normalized spacial score (nSPS) is 10.1. The zero-order valence-electron chi connectivity index (χ0n) is 9.94. The molecule has 1 rings (SSSR count). The Morgan fingerprint density at radius 2 is 2.41 bits per heavy atom. The lowest BCUT2D eigenvalue weighted by Crippen LogP contribution is -2.34. The fourth-order valence-electron chi connectivity index (χ4n) is 1.13. The van der Waals surface area contributed by atoms with Crippen LogP contribution in [0.4, 0.5) is 14.9 Å². The summed E-state index contributed by atoms with van der Waals surface area (Å²) in [5, 5.41) is 2.45. The molecular weight excluding hydrogens is 225 g/mol. The van der Waals surface area contributed by atoms with E-state index in [2.05, 4.69) is 10.3 Å². The first-order chi connectivity index (χ1) is 8.15. The van der Waals surface area contributed by atoms with Crippen molar-refractivity contribution in [2.24, 2.45) is 0 Å². The molecule has 0 atom stereocenters. The molecular formula is C11H16FN3O2. The molecule has 0 saturated heterocycles. The van der Waals surface area contributed by atoms with E-state index in [1.807, 2.05) is 6.92 Å². The van der Waals surface area contributed by atoms with Crippen molar-refractivity contribution >= 4 is 11.7 Å². The first-order valence-electron chi connectivity index (χ1n) is 5.34. The summed E-state index contributed by atoms with van der Waals surface area (Å²) in [7, 11) is 1.62. The minimum absolute atomic E-state index is 0.119. The summed E-state index contributed by atoms with van der Waals surface area (Å²) in [6, 6.07) is 1.03. The van der Waals surface area contributed by atoms with Crippen LogP contribution in [0.25, 0.3) is 0 Å². The lowest BCUT2D eigenvalue weighted by molar-refractivity contribution is 0.128. The van der Waals surface area contributed by atoms with Gasteiger partial charge in [0.1, 0.15) is 0 Å². The molecule has 94 valence electrons. The van der Waals surface area contributed by atoms with E-state index in [0.717, 1.165) is 6.20 Å². The molecule has 0 bridgehead atoms. The lowest BCUT2D eigenvalue weighted by atomic mass is 10.4. The summed E-state index contributed by atoms with van der Waals surface area (Å²) in [5.74, 6) is -0.556. The van der Waals surface area contributed by atoms with Crippen molar-refractivity contribution in [1.29, 1.82) is 0 Å². The number of rotatable bonds is 5. The maximum Gasteiger partial charge on any atom is 0.321 e.